The van der Waals surface area contributed by atoms with E-state index in [-0.39, 0.29) is 17.8 Å². The van der Waals surface area contributed by atoms with Gasteiger partial charge in [-0.25, -0.2) is 0 Å². The lowest BCUT2D eigenvalue weighted by molar-refractivity contribution is -0.148. The van der Waals surface area contributed by atoms with E-state index in [0.717, 1.165) is 24.0 Å². The molecule has 2 atom stereocenters. The molecule has 0 saturated carbocycles. The molecule has 0 aliphatic carbocycles. The van der Waals surface area contributed by atoms with E-state index >= 15 is 0 Å². The molecular weight excluding hydrogens is 294 g/mol. The average molecular weight is 312 g/mol. The number of hydrogen-bond acceptors (Lipinski definition) is 3. The van der Waals surface area contributed by atoms with E-state index in [0.29, 0.717) is 0 Å². The van der Waals surface area contributed by atoms with Crippen LogP contribution in [0.2, 0.25) is 0 Å². The predicted molar refractivity (Wildman–Crippen MR) is 74.5 cm³/mol. The van der Waals surface area contributed by atoms with Crippen molar-refractivity contribution in [1.82, 2.24) is 4.90 Å². The number of rotatable bonds is 2. The van der Waals surface area contributed by atoms with Crippen molar-refractivity contribution in [2.75, 3.05) is 27.2 Å². The number of halogens is 1. The summed E-state index contributed by atoms with van der Waals surface area (Å²) in [7, 11) is 3.52. The van der Waals surface area contributed by atoms with E-state index in [1.54, 1.807) is 0 Å². The molecule has 4 heteroatoms. The number of nitrogens with zero attached hydrogens (tertiary/aromatic N) is 1. The molecule has 0 radical (unpaired) electrons. The number of ether oxygens (including phenoxy) is 1. The zero-order chi connectivity index (χ0) is 13.1. The van der Waals surface area contributed by atoms with E-state index in [9.17, 15) is 4.79 Å². The second-order valence-corrected chi connectivity index (χ2v) is 5.76. The van der Waals surface area contributed by atoms with E-state index in [1.165, 1.54) is 12.7 Å². The summed E-state index contributed by atoms with van der Waals surface area (Å²) >= 11 is 3.49. The minimum absolute atomic E-state index is 0.0666. The standard InChI is InChI=1S/C14H18BrNO2/c1-16-7-6-12(13(9-16)14(17)18-2)10-4-3-5-11(15)8-10/h3-5,8,12-13H,6-7,9H2,1-2H3. The fraction of sp³-hybridized carbons (Fsp3) is 0.500. The van der Waals surface area contributed by atoms with Crippen LogP contribution in [0.3, 0.4) is 0 Å². The SMILES string of the molecule is COC(=O)C1CN(C)CCC1c1cccc(Br)c1. The molecule has 0 spiro atoms. The van der Waals surface area contributed by atoms with E-state index in [1.807, 2.05) is 19.2 Å². The van der Waals surface area contributed by atoms with E-state index in [2.05, 4.69) is 33.0 Å². The summed E-state index contributed by atoms with van der Waals surface area (Å²) in [6, 6.07) is 8.22. The minimum Gasteiger partial charge on any atom is -0.469 e. The lowest BCUT2D eigenvalue weighted by Gasteiger charge is -2.35. The lowest BCUT2D eigenvalue weighted by Crippen LogP contribution is -2.41. The summed E-state index contributed by atoms with van der Waals surface area (Å²) in [5, 5.41) is 0. The highest BCUT2D eigenvalue weighted by Gasteiger charge is 2.34. The van der Waals surface area contributed by atoms with Crippen LogP contribution in [0.15, 0.2) is 28.7 Å². The van der Waals surface area contributed by atoms with E-state index in [4.69, 9.17) is 4.74 Å². The topological polar surface area (TPSA) is 29.5 Å². The minimum atomic E-state index is -0.105. The third kappa shape index (κ3) is 2.93. The second kappa shape index (κ2) is 5.85. The molecule has 1 aromatic carbocycles. The Kier molecular flexibility index (Phi) is 4.40. The molecule has 1 aliphatic rings. The maximum atomic E-state index is 11.9. The molecule has 0 bridgehead atoms. The number of likely N-dealkylation sites (tertiary alicyclic amines) is 1. The number of hydrogen-bond donors (Lipinski definition) is 0. The van der Waals surface area contributed by atoms with Crippen molar-refractivity contribution in [3.05, 3.63) is 34.3 Å². The van der Waals surface area contributed by atoms with Crippen molar-refractivity contribution in [1.29, 1.82) is 0 Å². The highest BCUT2D eigenvalue weighted by Crippen LogP contribution is 2.34. The Morgan fingerprint density at radius 3 is 2.94 bits per heavy atom. The summed E-state index contributed by atoms with van der Waals surface area (Å²) in [5.41, 5.74) is 1.22. The van der Waals surface area contributed by atoms with Crippen LogP contribution in [0.1, 0.15) is 17.9 Å². The summed E-state index contributed by atoms with van der Waals surface area (Å²) in [6.07, 6.45) is 0.993. The number of piperidine rings is 1. The smallest absolute Gasteiger partial charge is 0.310 e. The van der Waals surface area contributed by atoms with Crippen LogP contribution in [0.4, 0.5) is 0 Å². The van der Waals surface area contributed by atoms with Gasteiger partial charge in [0.15, 0.2) is 0 Å². The van der Waals surface area contributed by atoms with Crippen molar-refractivity contribution in [3.63, 3.8) is 0 Å². The number of benzene rings is 1. The molecule has 1 heterocycles. The quantitative estimate of drug-likeness (QED) is 0.786. The second-order valence-electron chi connectivity index (χ2n) is 4.84. The third-order valence-electron chi connectivity index (χ3n) is 3.60. The Hall–Kier alpha value is -0.870. The molecule has 1 aliphatic heterocycles. The number of methoxy groups -OCH3 is 1. The van der Waals surface area contributed by atoms with Crippen molar-refractivity contribution < 1.29 is 9.53 Å². The van der Waals surface area contributed by atoms with Gasteiger partial charge in [-0.2, -0.15) is 0 Å². The van der Waals surface area contributed by atoms with Crippen molar-refractivity contribution in [2.45, 2.75) is 12.3 Å². The lowest BCUT2D eigenvalue weighted by atomic mass is 9.80. The van der Waals surface area contributed by atoms with Crippen LogP contribution in [0, 0.1) is 5.92 Å². The Morgan fingerprint density at radius 1 is 1.50 bits per heavy atom. The first-order valence-corrected chi connectivity index (χ1v) is 6.93. The Morgan fingerprint density at radius 2 is 2.28 bits per heavy atom. The van der Waals surface area contributed by atoms with Gasteiger partial charge in [-0.05, 0) is 43.6 Å². The van der Waals surface area contributed by atoms with Gasteiger partial charge in [0.2, 0.25) is 0 Å². The number of carbonyl (C=O) groups excluding carboxylic acids is 1. The normalized spacial score (nSPS) is 24.8. The predicted octanol–water partition coefficient (Wildman–Crippen LogP) is 2.66. The molecule has 18 heavy (non-hydrogen) atoms. The first-order valence-electron chi connectivity index (χ1n) is 6.13. The molecule has 3 nitrogen and oxygen atoms in total. The molecule has 0 N–H and O–H groups in total. The molecule has 2 unspecified atom stereocenters. The highest BCUT2D eigenvalue weighted by atomic mass is 79.9. The third-order valence-corrected chi connectivity index (χ3v) is 4.09. The maximum absolute atomic E-state index is 11.9. The van der Waals surface area contributed by atoms with Gasteiger partial charge in [0.25, 0.3) is 0 Å². The summed E-state index contributed by atoms with van der Waals surface area (Å²) in [6.45, 7) is 1.79. The zero-order valence-electron chi connectivity index (χ0n) is 10.7. The Labute approximate surface area is 116 Å². The molecule has 1 fully saturated rings. The molecule has 2 rings (SSSR count). The molecule has 98 valence electrons. The van der Waals surface area contributed by atoms with Gasteiger partial charge in [0, 0.05) is 11.0 Å². The van der Waals surface area contributed by atoms with Crippen LogP contribution in [-0.2, 0) is 9.53 Å². The van der Waals surface area contributed by atoms with Crippen molar-refractivity contribution in [2.24, 2.45) is 5.92 Å². The van der Waals surface area contributed by atoms with Gasteiger partial charge in [-0.3, -0.25) is 4.79 Å². The highest BCUT2D eigenvalue weighted by molar-refractivity contribution is 9.10. The first-order chi connectivity index (χ1) is 8.61. The van der Waals surface area contributed by atoms with Crippen molar-refractivity contribution in [3.8, 4) is 0 Å². The van der Waals surface area contributed by atoms with Gasteiger partial charge in [0.05, 0.1) is 13.0 Å². The molecule has 1 aromatic rings. The largest absolute Gasteiger partial charge is 0.469 e. The van der Waals surface area contributed by atoms with Crippen LogP contribution >= 0.6 is 15.9 Å². The molecule has 0 aromatic heterocycles. The number of esters is 1. The average Bonchev–Trinajstić information content (AvgIpc) is 2.37. The molecular formula is C14H18BrNO2. The molecule has 0 amide bonds. The van der Waals surface area contributed by atoms with Crippen molar-refractivity contribution >= 4 is 21.9 Å². The monoisotopic (exact) mass is 311 g/mol. The summed E-state index contributed by atoms with van der Waals surface area (Å²) in [4.78, 5) is 14.1. The van der Waals surface area contributed by atoms with Gasteiger partial charge in [-0.15, -0.1) is 0 Å². The first kappa shape index (κ1) is 13.6. The Balaban J connectivity index is 2.26. The van der Waals surface area contributed by atoms with Crippen LogP contribution in [-0.4, -0.2) is 38.1 Å². The number of carbonyl (C=O) groups is 1. The fourth-order valence-corrected chi connectivity index (χ4v) is 3.06. The van der Waals surface area contributed by atoms with Crippen LogP contribution in [0.25, 0.3) is 0 Å². The summed E-state index contributed by atoms with van der Waals surface area (Å²) in [5.74, 6) is 0.0840. The van der Waals surface area contributed by atoms with Crippen LogP contribution < -0.4 is 0 Å². The van der Waals surface area contributed by atoms with Gasteiger partial charge < -0.3 is 9.64 Å². The molecule has 1 saturated heterocycles. The van der Waals surface area contributed by atoms with Gasteiger partial charge in [-0.1, -0.05) is 28.1 Å². The van der Waals surface area contributed by atoms with Gasteiger partial charge in [0.1, 0.15) is 0 Å². The fourth-order valence-electron chi connectivity index (χ4n) is 2.64. The zero-order valence-corrected chi connectivity index (χ0v) is 12.3. The van der Waals surface area contributed by atoms with E-state index < -0.39 is 0 Å². The Bertz CT molecular complexity index is 436. The van der Waals surface area contributed by atoms with Crippen LogP contribution in [0.5, 0.6) is 0 Å². The summed E-state index contributed by atoms with van der Waals surface area (Å²) < 4.78 is 6.00. The maximum Gasteiger partial charge on any atom is 0.310 e. The van der Waals surface area contributed by atoms with Gasteiger partial charge >= 0.3 is 5.97 Å².